The van der Waals surface area contributed by atoms with Crippen LogP contribution >= 0.6 is 23.5 Å². The molecule has 0 atom stereocenters. The first-order chi connectivity index (χ1) is 52.7. The van der Waals surface area contributed by atoms with Crippen LogP contribution in [0.2, 0.25) is 0 Å². The topological polar surface area (TPSA) is 328 Å². The van der Waals surface area contributed by atoms with E-state index in [2.05, 4.69) is 147 Å². The predicted octanol–water partition coefficient (Wildman–Crippen LogP) is 10.5. The molecule has 30 heteroatoms. The average Bonchev–Trinajstić information content (AvgIpc) is 1.61. The number of rotatable bonds is 28. The monoisotopic (exact) mass is 1680 g/mol. The van der Waals surface area contributed by atoms with Crippen LogP contribution in [0.25, 0.3) is 0 Å². The van der Waals surface area contributed by atoms with Gasteiger partial charge in [-0.2, -0.15) is 9.15 Å². The molecule has 0 bridgehead atoms. The molecule has 4 heterocycles. The molecule has 2 aliphatic carbocycles. The van der Waals surface area contributed by atoms with Gasteiger partial charge >= 0.3 is 59.1 Å². The number of thioether (sulfide) groups is 2. The van der Waals surface area contributed by atoms with E-state index in [9.17, 15) is 72.1 Å². The molecule has 22 nitrogen and oxygen atoms in total. The Bertz CT molecular complexity index is 5170. The number of nitro groups is 2. The number of non-ortho nitro benzene ring substituents is 2. The Balaban J connectivity index is 0.000000257. The van der Waals surface area contributed by atoms with Crippen molar-refractivity contribution in [1.82, 2.24) is 0 Å². The van der Waals surface area contributed by atoms with Crippen LogP contribution in [-0.4, -0.2) is 131 Å². The van der Waals surface area contributed by atoms with E-state index >= 15 is 0 Å². The summed E-state index contributed by atoms with van der Waals surface area (Å²) in [4.78, 5) is 30.0. The summed E-state index contributed by atoms with van der Waals surface area (Å²) < 4.78 is 142. The minimum absolute atomic E-state index is 0. The summed E-state index contributed by atoms with van der Waals surface area (Å²) in [7, 11) is -17.5. The van der Waals surface area contributed by atoms with E-state index in [1.54, 1.807) is 47.8 Å². The fourth-order valence-corrected chi connectivity index (χ4v) is 20.2. The van der Waals surface area contributed by atoms with Gasteiger partial charge in [-0.25, -0.2) is 33.7 Å². The summed E-state index contributed by atoms with van der Waals surface area (Å²) in [5.41, 5.74) is 14.9. The Morgan fingerprint density at radius 2 is 0.719 bits per heavy atom. The van der Waals surface area contributed by atoms with Crippen molar-refractivity contribution in [3.63, 3.8) is 0 Å². The smallest absolute Gasteiger partial charge is 0.748 e. The van der Waals surface area contributed by atoms with Crippen molar-refractivity contribution in [3.8, 4) is 0 Å². The van der Waals surface area contributed by atoms with Crippen LogP contribution in [0.5, 0.6) is 0 Å². The fourth-order valence-electron chi connectivity index (χ4n) is 16.1. The Labute approximate surface area is 722 Å². The molecule has 0 saturated heterocycles. The van der Waals surface area contributed by atoms with Crippen LogP contribution in [0.3, 0.4) is 0 Å². The summed E-state index contributed by atoms with van der Waals surface area (Å²) in [5.74, 6) is -1.81. The third-order valence-electron chi connectivity index (χ3n) is 21.6. The maximum Gasteiger partial charge on any atom is 1.00 e. The molecule has 0 unspecified atom stereocenters. The number of allylic oxidation sites excluding steroid dienone is 14. The number of nitrogens with zero attached hydrogens (tertiary/aromatic N) is 6. The van der Waals surface area contributed by atoms with Gasteiger partial charge in [0.2, 0.25) is 11.4 Å². The second kappa shape index (κ2) is 37.5. The number of hydrogen-bond acceptors (Lipinski definition) is 20. The minimum atomic E-state index is -4.37. The number of benzene rings is 6. The SMILES string of the molecule is CC1(C)C(=CC=C2CCCC(C=CC3=[N+](CCCS(=O)(=O)[O-])c4ccccc4C3(C)C)=C2Sc2ccc([N+](=O)[O-])cc2)N(CCCS(=O)(=O)[O-])c2ccccc21.CC1(C)C(=CC=C2CCCC(C=CC3=[N+](CCCS(=O)(=O)[O-])c4ccccc4C3(C)C)=C2Sc2ccc([N+](=O)[O-])cc2)N(CCCS(=O)(=O)[O-])c2ccccc21.[Na+].[Na+]. The summed E-state index contributed by atoms with van der Waals surface area (Å²) in [5, 5.41) is 22.9. The second-order valence-corrected chi connectivity index (χ2v) is 38.9. The van der Waals surface area contributed by atoms with Crippen molar-refractivity contribution in [1.29, 1.82) is 0 Å². The maximum absolute atomic E-state index is 11.5. The number of hydrogen-bond donors (Lipinski definition) is 0. The van der Waals surface area contributed by atoms with Crippen molar-refractivity contribution in [3.05, 3.63) is 280 Å². The van der Waals surface area contributed by atoms with E-state index in [-0.39, 0.29) is 96.2 Å². The quantitative estimate of drug-likeness (QED) is 0.0145. The van der Waals surface area contributed by atoms with Crippen molar-refractivity contribution < 1.29 is 130 Å². The van der Waals surface area contributed by atoms with Gasteiger partial charge in [0, 0.05) is 162 Å². The number of para-hydroxylation sites is 4. The molecular formula is C84H92N6Na2O16S6. The third-order valence-corrected chi connectivity index (χ3v) is 27.2. The van der Waals surface area contributed by atoms with Gasteiger partial charge in [0.1, 0.15) is 13.1 Å². The predicted molar refractivity (Wildman–Crippen MR) is 439 cm³/mol. The van der Waals surface area contributed by atoms with Gasteiger partial charge in [-0.15, -0.1) is 0 Å². The average molecular weight is 1680 g/mol. The van der Waals surface area contributed by atoms with Crippen LogP contribution in [0.15, 0.2) is 247 Å². The van der Waals surface area contributed by atoms with E-state index < -0.39 is 95.0 Å². The number of nitro benzene ring substituents is 2. The van der Waals surface area contributed by atoms with Crippen LogP contribution in [0.4, 0.5) is 34.1 Å². The molecule has 6 aromatic rings. The molecule has 0 radical (unpaired) electrons. The fraction of sp³-hybridized carbons (Fsp3) is 0.357. The first-order valence-corrected chi connectivity index (χ1v) is 45.2. The first kappa shape index (κ1) is 91.2. The number of fused-ring (bicyclic) bond motifs is 4. The Kier molecular flexibility index (Phi) is 30.0. The molecule has 592 valence electrons. The van der Waals surface area contributed by atoms with Crippen LogP contribution in [-0.2, 0) is 62.1 Å². The molecule has 0 amide bonds. The molecule has 0 fully saturated rings. The summed E-state index contributed by atoms with van der Waals surface area (Å²) >= 11 is 3.09. The summed E-state index contributed by atoms with van der Waals surface area (Å²) in [6.45, 7) is 18.5. The normalized spacial score (nSPS) is 19.0. The van der Waals surface area contributed by atoms with Crippen LogP contribution in [0.1, 0.15) is 142 Å². The van der Waals surface area contributed by atoms with Gasteiger partial charge in [-0.05, 0) is 161 Å². The molecule has 0 spiro atoms. The van der Waals surface area contributed by atoms with Gasteiger partial charge in [-0.3, -0.25) is 20.2 Å². The molecule has 0 saturated carbocycles. The molecule has 0 aromatic heterocycles. The molecule has 6 aromatic carbocycles. The van der Waals surface area contributed by atoms with Crippen LogP contribution in [0, 0.1) is 20.2 Å². The summed E-state index contributed by atoms with van der Waals surface area (Å²) in [6, 6.07) is 45.1. The first-order valence-electron chi connectivity index (χ1n) is 37.2. The molecule has 0 N–H and O–H groups in total. The molecule has 114 heavy (non-hydrogen) atoms. The zero-order chi connectivity index (χ0) is 80.9. The largest absolute Gasteiger partial charge is 1.00 e. The molecule has 4 aliphatic heterocycles. The van der Waals surface area contributed by atoms with E-state index in [0.717, 1.165) is 148 Å². The Morgan fingerprint density at radius 3 is 1.05 bits per heavy atom. The molecule has 12 rings (SSSR count). The van der Waals surface area contributed by atoms with E-state index in [1.807, 2.05) is 72.8 Å². The van der Waals surface area contributed by atoms with Gasteiger partial charge in [0.25, 0.3) is 11.4 Å². The van der Waals surface area contributed by atoms with Gasteiger partial charge in [0.15, 0.2) is 11.4 Å². The maximum atomic E-state index is 11.5. The van der Waals surface area contributed by atoms with E-state index in [4.69, 9.17) is 0 Å². The minimum Gasteiger partial charge on any atom is -0.748 e. The summed E-state index contributed by atoms with van der Waals surface area (Å²) in [6.07, 6.45) is 22.5. The van der Waals surface area contributed by atoms with Crippen LogP contribution < -0.4 is 68.9 Å². The second-order valence-electron chi connectivity index (χ2n) is 30.7. The van der Waals surface area contributed by atoms with Crippen molar-refractivity contribution in [2.45, 2.75) is 151 Å². The van der Waals surface area contributed by atoms with Crippen molar-refractivity contribution >= 4 is 110 Å². The van der Waals surface area contributed by atoms with Gasteiger partial charge in [0.05, 0.1) is 61.1 Å². The Morgan fingerprint density at radius 1 is 0.404 bits per heavy atom. The molecular weight excluding hydrogens is 1590 g/mol. The Hall–Kier alpha value is -6.68. The van der Waals surface area contributed by atoms with Gasteiger partial charge in [-0.1, -0.05) is 148 Å². The zero-order valence-corrected chi connectivity index (χ0v) is 74.8. The van der Waals surface area contributed by atoms with Gasteiger partial charge < -0.3 is 28.0 Å². The van der Waals surface area contributed by atoms with E-state index in [1.165, 1.54) is 24.3 Å². The standard InChI is InChI=1S/2C42H47N3O8S3.2Na/c2*1-41(2)34-14-5-7-16-36(34)43(26-10-28-55(48,49)50)38(41)24-18-30-12-9-13-31(40(30)54-33-22-20-32(21-23-33)45(46)47)19-25-39-42(3,4)35-15-6-8-17-37(35)44(39)27-11-29-56(51,52)53;;/h2*5-8,14-25H,9-13,26-29H2,1-4H3,(H-,48,49,50,51,52,53);;/q;;2*+1/p-2. The molecule has 6 aliphatic rings. The van der Waals surface area contributed by atoms with E-state index in [0.29, 0.717) is 26.2 Å². The van der Waals surface area contributed by atoms with Crippen molar-refractivity contribution in [2.75, 3.05) is 59.0 Å². The third kappa shape index (κ3) is 21.8. The number of anilines is 2. The zero-order valence-electron chi connectivity index (χ0n) is 65.9. The van der Waals surface area contributed by atoms with Crippen molar-refractivity contribution in [2.24, 2.45) is 0 Å².